The van der Waals surface area contributed by atoms with Crippen LogP contribution in [0.4, 0.5) is 0 Å². The van der Waals surface area contributed by atoms with Gasteiger partial charge in [0, 0.05) is 11.6 Å². The predicted molar refractivity (Wildman–Crippen MR) is 85.2 cm³/mol. The van der Waals surface area contributed by atoms with Crippen LogP contribution in [0, 0.1) is 0 Å². The van der Waals surface area contributed by atoms with E-state index in [-0.39, 0.29) is 6.04 Å². The number of hydrogen-bond donors (Lipinski definition) is 1. The largest absolute Gasteiger partial charge is 0.495 e. The summed E-state index contributed by atoms with van der Waals surface area (Å²) < 4.78 is 10.7. The number of fused-ring (bicyclic) bond motifs is 1. The zero-order valence-electron chi connectivity index (χ0n) is 12.2. The lowest BCUT2D eigenvalue weighted by atomic mass is 9.99. The number of ether oxygens (including phenoxy) is 2. The molecule has 2 N–H and O–H groups in total. The molecule has 0 spiro atoms. The van der Waals surface area contributed by atoms with Crippen molar-refractivity contribution >= 4 is 11.6 Å². The fourth-order valence-corrected chi connectivity index (χ4v) is 3.26. The van der Waals surface area contributed by atoms with Crippen molar-refractivity contribution in [3.05, 3.63) is 46.5 Å². The second kappa shape index (κ2) is 5.58. The normalized spacial score (nSPS) is 16.7. The lowest BCUT2D eigenvalue weighted by molar-refractivity contribution is 0.396. The van der Waals surface area contributed by atoms with E-state index in [0.29, 0.717) is 16.5 Å². The van der Waals surface area contributed by atoms with Crippen LogP contribution in [-0.4, -0.2) is 14.2 Å². The summed E-state index contributed by atoms with van der Waals surface area (Å²) >= 11 is 6.33. The van der Waals surface area contributed by atoms with Crippen LogP contribution in [0.1, 0.15) is 23.6 Å². The topological polar surface area (TPSA) is 44.5 Å². The number of methoxy groups -OCH3 is 2. The van der Waals surface area contributed by atoms with E-state index in [0.717, 1.165) is 24.0 Å². The van der Waals surface area contributed by atoms with E-state index in [4.69, 9.17) is 26.8 Å². The third-order valence-corrected chi connectivity index (χ3v) is 4.42. The predicted octanol–water partition coefficient (Wildman–Crippen LogP) is 3.97. The van der Waals surface area contributed by atoms with Gasteiger partial charge in [0.2, 0.25) is 0 Å². The number of halogens is 1. The van der Waals surface area contributed by atoms with Crippen LogP contribution < -0.4 is 15.2 Å². The van der Waals surface area contributed by atoms with Gasteiger partial charge in [0.05, 0.1) is 14.2 Å². The van der Waals surface area contributed by atoms with Crippen molar-refractivity contribution < 1.29 is 9.47 Å². The molecule has 2 aromatic carbocycles. The minimum Gasteiger partial charge on any atom is -0.495 e. The molecule has 21 heavy (non-hydrogen) atoms. The van der Waals surface area contributed by atoms with E-state index >= 15 is 0 Å². The molecule has 1 aliphatic carbocycles. The summed E-state index contributed by atoms with van der Waals surface area (Å²) in [6.07, 6.45) is 2.04. The lowest BCUT2D eigenvalue weighted by Gasteiger charge is -2.14. The maximum absolute atomic E-state index is 6.33. The maximum atomic E-state index is 6.33. The molecule has 0 radical (unpaired) electrons. The minimum absolute atomic E-state index is 0.162. The zero-order valence-corrected chi connectivity index (χ0v) is 12.9. The molecule has 3 nitrogen and oxygen atoms in total. The Morgan fingerprint density at radius 2 is 1.95 bits per heavy atom. The molecule has 0 fully saturated rings. The van der Waals surface area contributed by atoms with Crippen molar-refractivity contribution in [2.45, 2.75) is 18.9 Å². The van der Waals surface area contributed by atoms with E-state index in [2.05, 4.69) is 18.2 Å². The molecule has 0 saturated heterocycles. The summed E-state index contributed by atoms with van der Waals surface area (Å²) in [5, 5.41) is 0.495. The Labute approximate surface area is 129 Å². The van der Waals surface area contributed by atoms with Crippen molar-refractivity contribution in [2.75, 3.05) is 14.2 Å². The fourth-order valence-electron chi connectivity index (χ4n) is 2.94. The van der Waals surface area contributed by atoms with Gasteiger partial charge in [0.25, 0.3) is 0 Å². The second-order valence-corrected chi connectivity index (χ2v) is 5.60. The zero-order chi connectivity index (χ0) is 15.0. The Morgan fingerprint density at radius 1 is 1.14 bits per heavy atom. The molecule has 2 aromatic rings. The van der Waals surface area contributed by atoms with Crippen LogP contribution in [0.25, 0.3) is 11.1 Å². The van der Waals surface area contributed by atoms with Crippen LogP contribution in [0.15, 0.2) is 30.3 Å². The smallest absolute Gasteiger partial charge is 0.149 e. The summed E-state index contributed by atoms with van der Waals surface area (Å²) in [6.45, 7) is 0. The highest BCUT2D eigenvalue weighted by atomic mass is 35.5. The minimum atomic E-state index is 0.162. The Kier molecular flexibility index (Phi) is 3.79. The van der Waals surface area contributed by atoms with E-state index in [1.807, 2.05) is 12.1 Å². The molecule has 0 aromatic heterocycles. The van der Waals surface area contributed by atoms with E-state index in [9.17, 15) is 0 Å². The molecular formula is C17H18ClNO2. The number of benzene rings is 2. The third-order valence-electron chi connectivity index (χ3n) is 4.06. The van der Waals surface area contributed by atoms with Gasteiger partial charge in [-0.3, -0.25) is 0 Å². The molecule has 0 saturated carbocycles. The van der Waals surface area contributed by atoms with Crippen molar-refractivity contribution in [3.63, 3.8) is 0 Å². The SMILES string of the molecule is COc1ccc(-c2ccc3c(c2)CCC3N)c(OC)c1Cl. The summed E-state index contributed by atoms with van der Waals surface area (Å²) in [5.74, 6) is 1.25. The van der Waals surface area contributed by atoms with Gasteiger partial charge >= 0.3 is 0 Å². The molecule has 0 aliphatic heterocycles. The van der Waals surface area contributed by atoms with Gasteiger partial charge in [-0.1, -0.05) is 29.8 Å². The average molecular weight is 304 g/mol. The maximum Gasteiger partial charge on any atom is 0.149 e. The second-order valence-electron chi connectivity index (χ2n) is 5.22. The first-order valence-electron chi connectivity index (χ1n) is 6.95. The monoisotopic (exact) mass is 303 g/mol. The highest BCUT2D eigenvalue weighted by Crippen LogP contribution is 2.43. The lowest BCUT2D eigenvalue weighted by Crippen LogP contribution is -2.04. The van der Waals surface area contributed by atoms with Gasteiger partial charge in [0.1, 0.15) is 16.5 Å². The summed E-state index contributed by atoms with van der Waals surface area (Å²) in [7, 11) is 3.21. The average Bonchev–Trinajstić information content (AvgIpc) is 2.87. The summed E-state index contributed by atoms with van der Waals surface area (Å²) in [4.78, 5) is 0. The molecule has 4 heteroatoms. The van der Waals surface area contributed by atoms with Crippen molar-refractivity contribution in [1.82, 2.24) is 0 Å². The standard InChI is InChI=1S/C17H18ClNO2/c1-20-15-8-6-13(17(21-2)16(15)18)11-3-5-12-10(9-11)4-7-14(12)19/h3,5-6,8-9,14H,4,7,19H2,1-2H3. The van der Waals surface area contributed by atoms with Crippen molar-refractivity contribution in [2.24, 2.45) is 5.73 Å². The Bertz CT molecular complexity index is 685. The first kappa shape index (κ1) is 14.2. The first-order chi connectivity index (χ1) is 10.2. The summed E-state index contributed by atoms with van der Waals surface area (Å²) in [5.41, 5.74) is 10.7. The molecule has 0 bridgehead atoms. The molecular weight excluding hydrogens is 286 g/mol. The highest BCUT2D eigenvalue weighted by molar-refractivity contribution is 6.34. The van der Waals surface area contributed by atoms with Crippen LogP contribution in [0.2, 0.25) is 5.02 Å². The van der Waals surface area contributed by atoms with Gasteiger partial charge in [0.15, 0.2) is 0 Å². The number of hydrogen-bond acceptors (Lipinski definition) is 3. The van der Waals surface area contributed by atoms with E-state index in [1.54, 1.807) is 14.2 Å². The van der Waals surface area contributed by atoms with Gasteiger partial charge in [-0.05, 0) is 41.7 Å². The molecule has 3 rings (SSSR count). The number of aryl methyl sites for hydroxylation is 1. The fraction of sp³-hybridized carbons (Fsp3) is 0.294. The highest BCUT2D eigenvalue weighted by Gasteiger charge is 2.21. The van der Waals surface area contributed by atoms with Crippen LogP contribution in [0.3, 0.4) is 0 Å². The molecule has 0 heterocycles. The van der Waals surface area contributed by atoms with Gasteiger partial charge in [-0.2, -0.15) is 0 Å². The first-order valence-corrected chi connectivity index (χ1v) is 7.32. The van der Waals surface area contributed by atoms with Crippen molar-refractivity contribution in [1.29, 1.82) is 0 Å². The van der Waals surface area contributed by atoms with Crippen LogP contribution in [-0.2, 0) is 6.42 Å². The van der Waals surface area contributed by atoms with Crippen LogP contribution in [0.5, 0.6) is 11.5 Å². The number of rotatable bonds is 3. The molecule has 1 aliphatic rings. The molecule has 1 atom stereocenters. The van der Waals surface area contributed by atoms with Gasteiger partial charge < -0.3 is 15.2 Å². The molecule has 1 unspecified atom stereocenters. The Hall–Kier alpha value is -1.71. The van der Waals surface area contributed by atoms with Gasteiger partial charge in [-0.25, -0.2) is 0 Å². The van der Waals surface area contributed by atoms with Gasteiger partial charge in [-0.15, -0.1) is 0 Å². The van der Waals surface area contributed by atoms with Crippen molar-refractivity contribution in [3.8, 4) is 22.6 Å². The quantitative estimate of drug-likeness (QED) is 0.933. The third kappa shape index (κ3) is 2.37. The van der Waals surface area contributed by atoms with E-state index in [1.165, 1.54) is 11.1 Å². The number of nitrogens with two attached hydrogens (primary N) is 1. The Morgan fingerprint density at radius 3 is 2.67 bits per heavy atom. The molecule has 0 amide bonds. The summed E-state index contributed by atoms with van der Waals surface area (Å²) in [6, 6.07) is 10.4. The Balaban J connectivity index is 2.11. The van der Waals surface area contributed by atoms with E-state index < -0.39 is 0 Å². The molecule has 110 valence electrons. The van der Waals surface area contributed by atoms with Crippen LogP contribution >= 0.6 is 11.6 Å².